The minimum absolute atomic E-state index is 0.0223. The van der Waals surface area contributed by atoms with Crippen LogP contribution in [0.15, 0.2) is 36.8 Å². The topological polar surface area (TPSA) is 226 Å². The molecular weight excluding hydrogens is 482 g/mol. The molecular formula is C24H35N7O6. The van der Waals surface area contributed by atoms with Crippen LogP contribution in [-0.2, 0) is 32.0 Å². The van der Waals surface area contributed by atoms with Gasteiger partial charge in [0, 0.05) is 24.7 Å². The van der Waals surface area contributed by atoms with Gasteiger partial charge in [-0.3, -0.25) is 14.4 Å². The van der Waals surface area contributed by atoms with Crippen molar-refractivity contribution in [2.75, 3.05) is 6.54 Å². The molecule has 1 aromatic heterocycles. The number of aliphatic carboxylic acids is 1. The molecule has 0 saturated heterocycles. The average molecular weight is 518 g/mol. The van der Waals surface area contributed by atoms with Crippen molar-refractivity contribution in [3.8, 4) is 5.75 Å². The van der Waals surface area contributed by atoms with E-state index in [0.717, 1.165) is 0 Å². The standard InChI is InChI=1S/C24H35N7O6/c1-14(29-22(34)18(26)11-16-12-27-13-28-16)21(33)30-19(4-2-3-9-25)23(35)31-20(24(36)37)10-15-5-7-17(32)8-6-15/h5-8,12-14,18-20,32H,2-4,9-11,25-26H2,1H3,(H,27,28)(H,29,34)(H,30,33)(H,31,35)(H,36,37). The van der Waals surface area contributed by atoms with Gasteiger partial charge in [0.25, 0.3) is 0 Å². The second-order valence-corrected chi connectivity index (χ2v) is 8.73. The van der Waals surface area contributed by atoms with Crippen molar-refractivity contribution >= 4 is 23.7 Å². The Balaban J connectivity index is 2.00. The molecule has 2 rings (SSSR count). The van der Waals surface area contributed by atoms with Gasteiger partial charge in [0.2, 0.25) is 17.7 Å². The highest BCUT2D eigenvalue weighted by molar-refractivity contribution is 5.94. The summed E-state index contributed by atoms with van der Waals surface area (Å²) in [6.45, 7) is 1.84. The fraction of sp³-hybridized carbons (Fsp3) is 0.458. The van der Waals surface area contributed by atoms with Crippen molar-refractivity contribution in [2.45, 2.75) is 63.2 Å². The maximum absolute atomic E-state index is 13.0. The Bertz CT molecular complexity index is 1030. The Kier molecular flexibility index (Phi) is 11.5. The van der Waals surface area contributed by atoms with Crippen molar-refractivity contribution in [3.63, 3.8) is 0 Å². The zero-order chi connectivity index (χ0) is 27.4. The number of aromatic nitrogens is 2. The highest BCUT2D eigenvalue weighted by atomic mass is 16.4. The number of rotatable bonds is 15. The summed E-state index contributed by atoms with van der Waals surface area (Å²) in [5.74, 6) is -3.07. The largest absolute Gasteiger partial charge is 0.508 e. The minimum atomic E-state index is -1.26. The lowest BCUT2D eigenvalue weighted by Crippen LogP contribution is -2.56. The molecule has 37 heavy (non-hydrogen) atoms. The van der Waals surface area contributed by atoms with Gasteiger partial charge >= 0.3 is 5.97 Å². The molecule has 4 atom stereocenters. The number of benzene rings is 1. The number of nitrogens with two attached hydrogens (primary N) is 2. The van der Waals surface area contributed by atoms with Crippen molar-refractivity contribution in [1.29, 1.82) is 0 Å². The number of phenolic OH excluding ortho intramolecular Hbond substituents is 1. The number of nitrogens with one attached hydrogen (secondary N) is 4. The van der Waals surface area contributed by atoms with Crippen LogP contribution >= 0.6 is 0 Å². The SMILES string of the molecule is CC(NC(=O)C(N)Cc1cnc[nH]1)C(=O)NC(CCCCN)C(=O)NC(Cc1ccc(O)cc1)C(=O)O. The van der Waals surface area contributed by atoms with E-state index < -0.39 is 47.9 Å². The number of phenols is 1. The number of carboxylic acids is 1. The molecule has 0 radical (unpaired) electrons. The van der Waals surface area contributed by atoms with Crippen LogP contribution in [-0.4, -0.2) is 74.6 Å². The van der Waals surface area contributed by atoms with Gasteiger partial charge in [0.1, 0.15) is 23.9 Å². The first-order chi connectivity index (χ1) is 17.6. The zero-order valence-corrected chi connectivity index (χ0v) is 20.6. The Morgan fingerprint density at radius 1 is 0.973 bits per heavy atom. The second kappa shape index (κ2) is 14.6. The number of amides is 3. The third-order valence-electron chi connectivity index (χ3n) is 5.65. The van der Waals surface area contributed by atoms with Crippen LogP contribution in [0.3, 0.4) is 0 Å². The normalized spacial score (nSPS) is 14.1. The smallest absolute Gasteiger partial charge is 0.326 e. The van der Waals surface area contributed by atoms with Gasteiger partial charge in [0.05, 0.1) is 12.4 Å². The van der Waals surface area contributed by atoms with Crippen LogP contribution in [0.2, 0.25) is 0 Å². The van der Waals surface area contributed by atoms with E-state index in [4.69, 9.17) is 11.5 Å². The number of imidazole rings is 1. The quantitative estimate of drug-likeness (QED) is 0.134. The average Bonchev–Trinajstić information content (AvgIpc) is 3.37. The maximum atomic E-state index is 13.0. The maximum Gasteiger partial charge on any atom is 0.326 e. The molecule has 1 heterocycles. The lowest BCUT2D eigenvalue weighted by Gasteiger charge is -2.24. The van der Waals surface area contributed by atoms with E-state index in [2.05, 4.69) is 25.9 Å². The van der Waals surface area contributed by atoms with E-state index in [1.54, 1.807) is 18.3 Å². The molecule has 13 nitrogen and oxygen atoms in total. The van der Waals surface area contributed by atoms with Crippen molar-refractivity contribution in [2.24, 2.45) is 11.5 Å². The highest BCUT2D eigenvalue weighted by Crippen LogP contribution is 2.12. The number of carbonyl (C=O) groups is 4. The summed E-state index contributed by atoms with van der Waals surface area (Å²) in [5, 5.41) is 26.6. The molecule has 0 aliphatic carbocycles. The fourth-order valence-corrected chi connectivity index (χ4v) is 3.51. The molecule has 0 bridgehead atoms. The van der Waals surface area contributed by atoms with Crippen LogP contribution in [0.25, 0.3) is 0 Å². The van der Waals surface area contributed by atoms with E-state index in [-0.39, 0.29) is 25.0 Å². The number of hydrogen-bond acceptors (Lipinski definition) is 8. The van der Waals surface area contributed by atoms with Crippen molar-refractivity contribution in [1.82, 2.24) is 25.9 Å². The first-order valence-electron chi connectivity index (χ1n) is 12.0. The van der Waals surface area contributed by atoms with Crippen LogP contribution in [0.1, 0.15) is 37.4 Å². The summed E-state index contributed by atoms with van der Waals surface area (Å²) in [6, 6.07) is 1.72. The van der Waals surface area contributed by atoms with Gasteiger partial charge in [-0.25, -0.2) is 9.78 Å². The number of carbonyl (C=O) groups excluding carboxylic acids is 3. The number of aromatic amines is 1. The van der Waals surface area contributed by atoms with Crippen LogP contribution < -0.4 is 27.4 Å². The Labute approximate surface area is 214 Å². The number of unbranched alkanes of at least 4 members (excludes halogenated alkanes) is 1. The van der Waals surface area contributed by atoms with E-state index in [1.165, 1.54) is 25.4 Å². The third kappa shape index (κ3) is 9.89. The Morgan fingerprint density at radius 2 is 1.65 bits per heavy atom. The van der Waals surface area contributed by atoms with Crippen LogP contribution in [0.5, 0.6) is 5.75 Å². The van der Waals surface area contributed by atoms with Gasteiger partial charge in [-0.05, 0) is 50.4 Å². The molecule has 10 N–H and O–H groups in total. The first kappa shape index (κ1) is 29.3. The second-order valence-electron chi connectivity index (χ2n) is 8.73. The summed E-state index contributed by atoms with van der Waals surface area (Å²) in [7, 11) is 0. The first-order valence-corrected chi connectivity index (χ1v) is 12.0. The molecule has 13 heteroatoms. The number of nitrogens with zero attached hydrogens (tertiary/aromatic N) is 1. The monoisotopic (exact) mass is 517 g/mol. The van der Waals surface area contributed by atoms with Gasteiger partial charge in [0.15, 0.2) is 0 Å². The van der Waals surface area contributed by atoms with Crippen molar-refractivity contribution < 1.29 is 29.4 Å². The summed E-state index contributed by atoms with van der Waals surface area (Å²) in [6.07, 6.45) is 4.52. The van der Waals surface area contributed by atoms with Crippen molar-refractivity contribution in [3.05, 3.63) is 48.0 Å². The number of H-pyrrole nitrogens is 1. The molecule has 3 amide bonds. The van der Waals surface area contributed by atoms with Gasteiger partial charge in [-0.15, -0.1) is 0 Å². The number of hydrogen-bond donors (Lipinski definition) is 8. The molecule has 4 unspecified atom stereocenters. The lowest BCUT2D eigenvalue weighted by atomic mass is 10.0. The van der Waals surface area contributed by atoms with E-state index >= 15 is 0 Å². The Hall–Kier alpha value is -3.97. The zero-order valence-electron chi connectivity index (χ0n) is 20.6. The molecule has 0 fully saturated rings. The fourth-order valence-electron chi connectivity index (χ4n) is 3.51. The molecule has 2 aromatic rings. The predicted octanol–water partition coefficient (Wildman–Crippen LogP) is -1.08. The van der Waals surface area contributed by atoms with Crippen LogP contribution in [0, 0.1) is 0 Å². The summed E-state index contributed by atoms with van der Waals surface area (Å²) in [5.41, 5.74) is 12.7. The third-order valence-corrected chi connectivity index (χ3v) is 5.65. The molecule has 202 valence electrons. The Morgan fingerprint density at radius 3 is 2.24 bits per heavy atom. The van der Waals surface area contributed by atoms with Gasteiger partial charge in [-0.2, -0.15) is 0 Å². The van der Waals surface area contributed by atoms with Gasteiger partial charge in [-0.1, -0.05) is 12.1 Å². The summed E-state index contributed by atoms with van der Waals surface area (Å²) < 4.78 is 0. The minimum Gasteiger partial charge on any atom is -0.508 e. The summed E-state index contributed by atoms with van der Waals surface area (Å²) >= 11 is 0. The van der Waals surface area contributed by atoms with E-state index in [1.807, 2.05) is 0 Å². The molecule has 1 aromatic carbocycles. The highest BCUT2D eigenvalue weighted by Gasteiger charge is 2.29. The van der Waals surface area contributed by atoms with Crippen LogP contribution in [0.4, 0.5) is 0 Å². The molecule has 0 saturated carbocycles. The number of carboxylic acid groups (broad SMARTS) is 1. The predicted molar refractivity (Wildman–Crippen MR) is 134 cm³/mol. The number of aromatic hydroxyl groups is 1. The van der Waals surface area contributed by atoms with Gasteiger partial charge < -0.3 is 42.6 Å². The summed E-state index contributed by atoms with van der Waals surface area (Å²) in [4.78, 5) is 56.7. The lowest BCUT2D eigenvalue weighted by molar-refractivity contribution is -0.142. The molecule has 0 aliphatic heterocycles. The van der Waals surface area contributed by atoms with E-state index in [0.29, 0.717) is 30.6 Å². The molecule has 0 aliphatic rings. The van der Waals surface area contributed by atoms with E-state index in [9.17, 15) is 29.4 Å². The molecule has 0 spiro atoms.